The second kappa shape index (κ2) is 6.75. The third-order valence-electron chi connectivity index (χ3n) is 3.50. The molecule has 4 heteroatoms. The summed E-state index contributed by atoms with van der Waals surface area (Å²) in [5.74, 6) is 0.472. The van der Waals surface area contributed by atoms with Gasteiger partial charge in [-0.3, -0.25) is 4.79 Å². The van der Waals surface area contributed by atoms with E-state index in [0.717, 1.165) is 5.75 Å². The number of ether oxygens (including phenoxy) is 1. The average Bonchev–Trinajstić information content (AvgIpc) is 2.32. The molecule has 20 heavy (non-hydrogen) atoms. The molecule has 1 unspecified atom stereocenters. The van der Waals surface area contributed by atoms with Gasteiger partial charge in [-0.25, -0.2) is 0 Å². The van der Waals surface area contributed by atoms with Crippen molar-refractivity contribution in [1.29, 1.82) is 0 Å². The molecule has 1 aromatic rings. The monoisotopic (exact) mass is 278 g/mol. The first kappa shape index (κ1) is 16.5. The largest absolute Gasteiger partial charge is 0.494 e. The molecule has 0 saturated heterocycles. The molecule has 1 atom stereocenters. The van der Waals surface area contributed by atoms with Crippen molar-refractivity contribution >= 4 is 5.91 Å². The molecule has 0 aliphatic rings. The smallest absolute Gasteiger partial charge is 0.237 e. The van der Waals surface area contributed by atoms with Crippen molar-refractivity contribution in [3.05, 3.63) is 29.3 Å². The van der Waals surface area contributed by atoms with E-state index >= 15 is 0 Å². The third kappa shape index (κ3) is 4.53. The van der Waals surface area contributed by atoms with E-state index in [1.165, 1.54) is 11.1 Å². The molecule has 0 fully saturated rings. The Morgan fingerprint density at radius 1 is 1.35 bits per heavy atom. The zero-order chi connectivity index (χ0) is 15.3. The fraction of sp³-hybridized carbons (Fsp3) is 0.562. The highest BCUT2D eigenvalue weighted by molar-refractivity contribution is 5.84. The van der Waals surface area contributed by atoms with Crippen LogP contribution in [-0.2, 0) is 4.79 Å². The Hall–Kier alpha value is -1.55. The van der Waals surface area contributed by atoms with Gasteiger partial charge in [0.1, 0.15) is 5.75 Å². The average molecular weight is 278 g/mol. The Bertz CT molecular complexity index is 472. The van der Waals surface area contributed by atoms with Crippen LogP contribution < -0.4 is 15.8 Å². The highest BCUT2D eigenvalue weighted by Crippen LogP contribution is 2.18. The number of hydrogen-bond donors (Lipinski definition) is 2. The first-order valence-electron chi connectivity index (χ1n) is 7.02. The highest BCUT2D eigenvalue weighted by atomic mass is 16.5. The number of amides is 1. The standard InChI is InChI=1S/C16H26N2O2/c1-11(2)18-16(5,15(17)19)8-9-20-14-7-6-12(3)13(4)10-14/h6-7,10-11,18H,8-9H2,1-5H3,(H2,17,19). The molecule has 4 nitrogen and oxygen atoms in total. The molecule has 0 radical (unpaired) electrons. The number of rotatable bonds is 7. The first-order valence-corrected chi connectivity index (χ1v) is 7.02. The number of nitrogens with one attached hydrogen (secondary N) is 1. The molecule has 0 spiro atoms. The van der Waals surface area contributed by atoms with Crippen molar-refractivity contribution in [2.24, 2.45) is 5.73 Å². The summed E-state index contributed by atoms with van der Waals surface area (Å²) in [5.41, 5.74) is 7.18. The lowest BCUT2D eigenvalue weighted by Gasteiger charge is -2.29. The summed E-state index contributed by atoms with van der Waals surface area (Å²) < 4.78 is 5.72. The second-order valence-corrected chi connectivity index (χ2v) is 5.84. The van der Waals surface area contributed by atoms with Gasteiger partial charge in [0.2, 0.25) is 5.91 Å². The maximum atomic E-state index is 11.6. The highest BCUT2D eigenvalue weighted by Gasteiger charge is 2.31. The Kier molecular flexibility index (Phi) is 5.57. The summed E-state index contributed by atoms with van der Waals surface area (Å²) >= 11 is 0. The van der Waals surface area contributed by atoms with Crippen LogP contribution in [0.4, 0.5) is 0 Å². The second-order valence-electron chi connectivity index (χ2n) is 5.84. The van der Waals surface area contributed by atoms with E-state index in [2.05, 4.69) is 19.2 Å². The fourth-order valence-electron chi connectivity index (χ4n) is 2.08. The fourth-order valence-corrected chi connectivity index (χ4v) is 2.08. The summed E-state index contributed by atoms with van der Waals surface area (Å²) in [7, 11) is 0. The lowest BCUT2D eigenvalue weighted by Crippen LogP contribution is -2.56. The molecule has 0 saturated carbocycles. The number of hydrogen-bond acceptors (Lipinski definition) is 3. The number of carbonyl (C=O) groups excluding carboxylic acids is 1. The summed E-state index contributed by atoms with van der Waals surface area (Å²) in [6, 6.07) is 6.17. The van der Waals surface area contributed by atoms with Crippen LogP contribution >= 0.6 is 0 Å². The number of carbonyl (C=O) groups is 1. The van der Waals surface area contributed by atoms with E-state index < -0.39 is 5.54 Å². The lowest BCUT2D eigenvalue weighted by molar-refractivity contribution is -0.124. The molecular formula is C16H26N2O2. The Balaban J connectivity index is 2.60. The van der Waals surface area contributed by atoms with Gasteiger partial charge in [0, 0.05) is 12.5 Å². The number of benzene rings is 1. The zero-order valence-corrected chi connectivity index (χ0v) is 13.1. The van der Waals surface area contributed by atoms with Crippen LogP contribution in [0.5, 0.6) is 5.75 Å². The first-order chi connectivity index (χ1) is 9.24. The molecule has 112 valence electrons. The van der Waals surface area contributed by atoms with Gasteiger partial charge in [0.15, 0.2) is 0 Å². The van der Waals surface area contributed by atoms with Gasteiger partial charge < -0.3 is 15.8 Å². The van der Waals surface area contributed by atoms with Crippen LogP contribution in [0.25, 0.3) is 0 Å². The molecule has 3 N–H and O–H groups in total. The van der Waals surface area contributed by atoms with Gasteiger partial charge in [-0.2, -0.15) is 0 Å². The Labute approximate surface area is 121 Å². The van der Waals surface area contributed by atoms with Gasteiger partial charge in [-0.1, -0.05) is 6.07 Å². The van der Waals surface area contributed by atoms with Crippen LogP contribution in [0.3, 0.4) is 0 Å². The maximum absolute atomic E-state index is 11.6. The normalized spacial score (nSPS) is 14.1. The summed E-state index contributed by atoms with van der Waals surface area (Å²) in [5, 5.41) is 3.21. The van der Waals surface area contributed by atoms with Gasteiger partial charge in [-0.05, 0) is 57.9 Å². The lowest BCUT2D eigenvalue weighted by atomic mass is 9.96. The summed E-state index contributed by atoms with van der Waals surface area (Å²) in [4.78, 5) is 11.6. The van der Waals surface area contributed by atoms with Crippen LogP contribution in [0.1, 0.15) is 38.3 Å². The van der Waals surface area contributed by atoms with E-state index in [4.69, 9.17) is 10.5 Å². The minimum atomic E-state index is -0.742. The van der Waals surface area contributed by atoms with Crippen LogP contribution in [-0.4, -0.2) is 24.1 Å². The maximum Gasteiger partial charge on any atom is 0.237 e. The molecule has 0 heterocycles. The molecule has 0 aliphatic carbocycles. The minimum absolute atomic E-state index is 0.189. The number of aryl methyl sites for hydroxylation is 2. The van der Waals surface area contributed by atoms with E-state index in [-0.39, 0.29) is 11.9 Å². The van der Waals surface area contributed by atoms with E-state index in [9.17, 15) is 4.79 Å². The molecular weight excluding hydrogens is 252 g/mol. The molecule has 1 amide bonds. The molecule has 0 aromatic heterocycles. The van der Waals surface area contributed by atoms with Crippen LogP contribution in [0.15, 0.2) is 18.2 Å². The van der Waals surface area contributed by atoms with E-state index in [1.807, 2.05) is 39.0 Å². The SMILES string of the molecule is Cc1ccc(OCCC(C)(NC(C)C)C(N)=O)cc1C. The van der Waals surface area contributed by atoms with Crippen molar-refractivity contribution < 1.29 is 9.53 Å². The van der Waals surface area contributed by atoms with Crippen molar-refractivity contribution in [2.75, 3.05) is 6.61 Å². The Morgan fingerprint density at radius 3 is 2.50 bits per heavy atom. The molecule has 0 aliphatic heterocycles. The Morgan fingerprint density at radius 2 is 2.00 bits per heavy atom. The number of nitrogens with two attached hydrogens (primary N) is 1. The van der Waals surface area contributed by atoms with Crippen molar-refractivity contribution in [3.8, 4) is 5.75 Å². The predicted molar refractivity (Wildman–Crippen MR) is 81.9 cm³/mol. The zero-order valence-electron chi connectivity index (χ0n) is 13.1. The quantitative estimate of drug-likeness (QED) is 0.804. The van der Waals surface area contributed by atoms with Crippen LogP contribution in [0, 0.1) is 13.8 Å². The summed E-state index contributed by atoms with van der Waals surface area (Å²) in [6.45, 7) is 10.4. The van der Waals surface area contributed by atoms with Crippen LogP contribution in [0.2, 0.25) is 0 Å². The van der Waals surface area contributed by atoms with Gasteiger partial charge in [0.05, 0.1) is 12.1 Å². The van der Waals surface area contributed by atoms with Crippen molar-refractivity contribution in [1.82, 2.24) is 5.32 Å². The van der Waals surface area contributed by atoms with Crippen molar-refractivity contribution in [3.63, 3.8) is 0 Å². The van der Waals surface area contributed by atoms with Crippen molar-refractivity contribution in [2.45, 2.75) is 52.6 Å². The van der Waals surface area contributed by atoms with Gasteiger partial charge in [0.25, 0.3) is 0 Å². The minimum Gasteiger partial charge on any atom is -0.494 e. The number of primary amides is 1. The van der Waals surface area contributed by atoms with Gasteiger partial charge >= 0.3 is 0 Å². The predicted octanol–water partition coefficient (Wildman–Crippen LogP) is 2.31. The van der Waals surface area contributed by atoms with E-state index in [0.29, 0.717) is 13.0 Å². The van der Waals surface area contributed by atoms with Gasteiger partial charge in [-0.15, -0.1) is 0 Å². The topological polar surface area (TPSA) is 64.3 Å². The summed E-state index contributed by atoms with van der Waals surface area (Å²) in [6.07, 6.45) is 0.535. The molecule has 0 bridgehead atoms. The third-order valence-corrected chi connectivity index (χ3v) is 3.50. The molecule has 1 aromatic carbocycles. The van der Waals surface area contributed by atoms with E-state index in [1.54, 1.807) is 0 Å². The molecule has 1 rings (SSSR count).